The van der Waals surface area contributed by atoms with E-state index in [1.54, 1.807) is 22.3 Å². The minimum absolute atomic E-state index is 0.142. The first-order valence-corrected chi connectivity index (χ1v) is 8.86. The maximum Gasteiger partial charge on any atom is 0.322 e. The van der Waals surface area contributed by atoms with Crippen molar-refractivity contribution < 1.29 is 13.9 Å². The Labute approximate surface area is 152 Å². The molecule has 0 unspecified atom stereocenters. The average Bonchev–Trinajstić information content (AvgIpc) is 2.97. The third-order valence-electron chi connectivity index (χ3n) is 3.82. The monoisotopic (exact) mass is 365 g/mol. The SMILES string of the molecule is COc1ccc(NC(=O)N(CCN(C)C)Cc2sccc2C)c(F)c1. The number of rotatable bonds is 7. The number of benzene rings is 1. The lowest BCUT2D eigenvalue weighted by Crippen LogP contribution is -2.39. The molecule has 1 aromatic heterocycles. The zero-order chi connectivity index (χ0) is 18.4. The van der Waals surface area contributed by atoms with E-state index in [2.05, 4.69) is 5.32 Å². The molecule has 0 radical (unpaired) electrons. The Morgan fingerprint density at radius 3 is 2.60 bits per heavy atom. The number of carbonyl (C=O) groups excluding carboxylic acids is 1. The fourth-order valence-electron chi connectivity index (χ4n) is 2.23. The second kappa shape index (κ2) is 8.82. The maximum absolute atomic E-state index is 14.1. The van der Waals surface area contributed by atoms with E-state index in [0.29, 0.717) is 18.8 Å². The summed E-state index contributed by atoms with van der Waals surface area (Å²) in [6.45, 7) is 3.80. The second-order valence-electron chi connectivity index (χ2n) is 6.03. The van der Waals surface area contributed by atoms with Crippen molar-refractivity contribution in [1.82, 2.24) is 9.80 Å². The lowest BCUT2D eigenvalue weighted by atomic mass is 10.2. The summed E-state index contributed by atoms with van der Waals surface area (Å²) >= 11 is 1.62. The lowest BCUT2D eigenvalue weighted by Gasteiger charge is -2.25. The normalized spacial score (nSPS) is 10.8. The van der Waals surface area contributed by atoms with Crippen LogP contribution >= 0.6 is 11.3 Å². The largest absolute Gasteiger partial charge is 0.497 e. The first-order valence-electron chi connectivity index (χ1n) is 7.98. The molecular weight excluding hydrogens is 341 g/mol. The quantitative estimate of drug-likeness (QED) is 0.812. The summed E-state index contributed by atoms with van der Waals surface area (Å²) in [5.74, 6) is -0.110. The van der Waals surface area contributed by atoms with Crippen LogP contribution in [0.15, 0.2) is 29.6 Å². The number of methoxy groups -OCH3 is 1. The summed E-state index contributed by atoms with van der Waals surface area (Å²) < 4.78 is 19.1. The molecule has 0 aliphatic heterocycles. The summed E-state index contributed by atoms with van der Waals surface area (Å²) in [4.78, 5) is 17.5. The van der Waals surface area contributed by atoms with Crippen molar-refractivity contribution in [3.05, 3.63) is 45.9 Å². The summed E-state index contributed by atoms with van der Waals surface area (Å²) in [6.07, 6.45) is 0. The number of aryl methyl sites for hydroxylation is 1. The number of nitrogens with zero attached hydrogens (tertiary/aromatic N) is 2. The van der Waals surface area contributed by atoms with Crippen molar-refractivity contribution in [2.75, 3.05) is 39.6 Å². The number of carbonyl (C=O) groups is 1. The van der Waals surface area contributed by atoms with E-state index < -0.39 is 5.82 Å². The maximum atomic E-state index is 14.1. The highest BCUT2D eigenvalue weighted by Crippen LogP contribution is 2.22. The number of hydrogen-bond acceptors (Lipinski definition) is 4. The minimum Gasteiger partial charge on any atom is -0.497 e. The van der Waals surface area contributed by atoms with Gasteiger partial charge in [-0.15, -0.1) is 11.3 Å². The summed E-state index contributed by atoms with van der Waals surface area (Å²) in [7, 11) is 5.38. The van der Waals surface area contributed by atoms with Gasteiger partial charge < -0.3 is 19.9 Å². The zero-order valence-electron chi connectivity index (χ0n) is 15.0. The number of nitrogens with one attached hydrogen (secondary N) is 1. The Morgan fingerprint density at radius 2 is 2.04 bits per heavy atom. The number of amides is 2. The van der Waals surface area contributed by atoms with Crippen molar-refractivity contribution >= 4 is 23.1 Å². The molecule has 0 bridgehead atoms. The van der Waals surface area contributed by atoms with E-state index in [0.717, 1.165) is 17.0 Å². The highest BCUT2D eigenvalue weighted by molar-refractivity contribution is 7.10. The molecule has 0 aliphatic rings. The van der Waals surface area contributed by atoms with Crippen molar-refractivity contribution in [3.8, 4) is 5.75 Å². The van der Waals surface area contributed by atoms with Gasteiger partial charge in [0.05, 0.1) is 19.3 Å². The van der Waals surface area contributed by atoms with Crippen LogP contribution in [0.25, 0.3) is 0 Å². The molecule has 1 heterocycles. The molecular formula is C18H24FN3O2S. The van der Waals surface area contributed by atoms with Crippen LogP contribution in [-0.4, -0.2) is 50.1 Å². The van der Waals surface area contributed by atoms with Crippen molar-refractivity contribution in [3.63, 3.8) is 0 Å². The number of hydrogen-bond donors (Lipinski definition) is 1. The lowest BCUT2D eigenvalue weighted by molar-refractivity contribution is 0.202. The Balaban J connectivity index is 2.12. The fourth-order valence-corrected chi connectivity index (χ4v) is 3.15. The van der Waals surface area contributed by atoms with Gasteiger partial charge in [-0.25, -0.2) is 9.18 Å². The smallest absolute Gasteiger partial charge is 0.322 e. The summed E-state index contributed by atoms with van der Waals surface area (Å²) in [5, 5.41) is 4.67. The summed E-state index contributed by atoms with van der Waals surface area (Å²) in [5.41, 5.74) is 1.30. The fraction of sp³-hybridized carbons (Fsp3) is 0.389. The second-order valence-corrected chi connectivity index (χ2v) is 7.03. The van der Waals surface area contributed by atoms with Crippen molar-refractivity contribution in [2.24, 2.45) is 0 Å². The molecule has 5 nitrogen and oxygen atoms in total. The number of ether oxygens (including phenoxy) is 1. The molecule has 0 spiro atoms. The molecule has 1 aromatic carbocycles. The van der Waals surface area contributed by atoms with E-state index in [1.165, 1.54) is 19.2 Å². The number of halogens is 1. The van der Waals surface area contributed by atoms with Gasteiger partial charge in [0.25, 0.3) is 0 Å². The molecule has 0 saturated carbocycles. The van der Waals surface area contributed by atoms with Crippen molar-refractivity contribution in [1.29, 1.82) is 0 Å². The number of likely N-dealkylation sites (N-methyl/N-ethyl adjacent to an activating group) is 1. The predicted octanol–water partition coefficient (Wildman–Crippen LogP) is 3.80. The topological polar surface area (TPSA) is 44.8 Å². The molecule has 2 aromatic rings. The molecule has 7 heteroatoms. The molecule has 0 saturated heterocycles. The highest BCUT2D eigenvalue weighted by Gasteiger charge is 2.17. The van der Waals surface area contributed by atoms with Gasteiger partial charge in [0, 0.05) is 24.0 Å². The first kappa shape index (κ1) is 19.2. The van der Waals surface area contributed by atoms with Crippen LogP contribution in [-0.2, 0) is 6.54 Å². The molecule has 136 valence electrons. The number of urea groups is 1. The molecule has 0 atom stereocenters. The van der Waals surface area contributed by atoms with Crippen LogP contribution in [0.5, 0.6) is 5.75 Å². The molecule has 0 fully saturated rings. The average molecular weight is 365 g/mol. The van der Waals surface area contributed by atoms with Gasteiger partial charge in [-0.1, -0.05) is 0 Å². The molecule has 0 aliphatic carbocycles. The predicted molar refractivity (Wildman–Crippen MR) is 100.0 cm³/mol. The minimum atomic E-state index is -0.521. The van der Waals surface area contributed by atoms with Crippen molar-refractivity contribution in [2.45, 2.75) is 13.5 Å². The Hall–Kier alpha value is -2.12. The van der Waals surface area contributed by atoms with Gasteiger partial charge in [-0.3, -0.25) is 0 Å². The Morgan fingerprint density at radius 1 is 1.28 bits per heavy atom. The summed E-state index contributed by atoms with van der Waals surface area (Å²) in [6, 6.07) is 6.09. The van der Waals surface area contributed by atoms with Gasteiger partial charge in [0.2, 0.25) is 0 Å². The van der Waals surface area contributed by atoms with Crippen LogP contribution in [0.3, 0.4) is 0 Å². The highest BCUT2D eigenvalue weighted by atomic mass is 32.1. The van der Waals surface area contributed by atoms with Crippen LogP contribution in [0, 0.1) is 12.7 Å². The Bertz CT molecular complexity index is 718. The Kier molecular flexibility index (Phi) is 6.78. The molecule has 25 heavy (non-hydrogen) atoms. The molecule has 2 amide bonds. The van der Waals surface area contributed by atoms with E-state index in [9.17, 15) is 9.18 Å². The molecule has 1 N–H and O–H groups in total. The number of anilines is 1. The van der Waals surface area contributed by atoms with Gasteiger partial charge in [0.1, 0.15) is 11.6 Å². The first-order chi connectivity index (χ1) is 11.9. The van der Waals surface area contributed by atoms with Gasteiger partial charge in [-0.05, 0) is 50.2 Å². The number of thiophene rings is 1. The van der Waals surface area contributed by atoms with E-state index in [4.69, 9.17) is 4.74 Å². The standard InChI is InChI=1S/C18H24FN3O2S/c1-13-7-10-25-17(13)12-22(9-8-21(2)3)18(23)20-16-6-5-14(24-4)11-15(16)19/h5-7,10-11H,8-9,12H2,1-4H3,(H,20,23). The van der Waals surface area contributed by atoms with Crippen LogP contribution in [0.2, 0.25) is 0 Å². The zero-order valence-corrected chi connectivity index (χ0v) is 15.8. The van der Waals surface area contributed by atoms with Crippen LogP contribution in [0.4, 0.5) is 14.9 Å². The van der Waals surface area contributed by atoms with Gasteiger partial charge in [0.15, 0.2) is 0 Å². The third-order valence-corrected chi connectivity index (χ3v) is 4.83. The van der Waals surface area contributed by atoms with Crippen LogP contribution in [0.1, 0.15) is 10.4 Å². The van der Waals surface area contributed by atoms with Gasteiger partial charge in [-0.2, -0.15) is 0 Å². The van der Waals surface area contributed by atoms with E-state index in [1.807, 2.05) is 37.4 Å². The van der Waals surface area contributed by atoms with E-state index in [-0.39, 0.29) is 11.7 Å². The molecule has 2 rings (SSSR count). The van der Waals surface area contributed by atoms with Crippen LogP contribution < -0.4 is 10.1 Å². The van der Waals surface area contributed by atoms with E-state index >= 15 is 0 Å². The third kappa shape index (κ3) is 5.44. The van der Waals surface area contributed by atoms with Gasteiger partial charge >= 0.3 is 6.03 Å².